The van der Waals surface area contributed by atoms with Crippen molar-refractivity contribution in [3.8, 4) is 0 Å². The molecule has 0 unspecified atom stereocenters. The lowest BCUT2D eigenvalue weighted by atomic mass is 10.4. The quantitative estimate of drug-likeness (QED) is 0.495. The van der Waals surface area contributed by atoms with Gasteiger partial charge in [0.15, 0.2) is 0 Å². The number of hydrogen-bond donors (Lipinski definition) is 1. The Balaban J connectivity index is 3.74. The predicted octanol–water partition coefficient (Wildman–Crippen LogP) is -0.907. The molecular weight excluding hydrogens is 148 g/mol. The molecule has 5 heteroatoms. The van der Waals surface area contributed by atoms with Gasteiger partial charge >= 0.3 is 5.69 Å². The summed E-state index contributed by atoms with van der Waals surface area (Å²) in [6.07, 6.45) is 1.09. The topological polar surface area (TPSA) is 64.2 Å². The maximum absolute atomic E-state index is 11.0. The molecular formula is C6H8N2O3. The van der Waals surface area contributed by atoms with E-state index in [0.29, 0.717) is 10.3 Å². The number of aryl methyl sites for hydroxylation is 1. The molecule has 60 valence electrons. The number of hydrogen-bond acceptors (Lipinski definition) is 3. The van der Waals surface area contributed by atoms with Gasteiger partial charge in [0.2, 0.25) is 0 Å². The van der Waals surface area contributed by atoms with Gasteiger partial charge in [-0.2, -0.15) is 0 Å². The van der Waals surface area contributed by atoms with Crippen molar-refractivity contribution in [2.75, 3.05) is 0 Å². The summed E-state index contributed by atoms with van der Waals surface area (Å²) in [4.78, 5) is 21.8. The van der Waals surface area contributed by atoms with E-state index in [1.165, 1.54) is 14.0 Å². The van der Waals surface area contributed by atoms with Gasteiger partial charge < -0.3 is 5.21 Å². The lowest BCUT2D eigenvalue weighted by Crippen LogP contribution is -2.37. The van der Waals surface area contributed by atoms with Crippen LogP contribution in [-0.2, 0) is 7.05 Å². The summed E-state index contributed by atoms with van der Waals surface area (Å²) in [7, 11) is 1.31. The first kappa shape index (κ1) is 7.59. The van der Waals surface area contributed by atoms with E-state index < -0.39 is 5.69 Å². The van der Waals surface area contributed by atoms with Gasteiger partial charge in [-0.3, -0.25) is 9.36 Å². The van der Waals surface area contributed by atoms with Crippen LogP contribution in [0.2, 0.25) is 0 Å². The average molecular weight is 156 g/mol. The predicted molar refractivity (Wildman–Crippen MR) is 37.9 cm³/mol. The Labute approximate surface area is 62.1 Å². The van der Waals surface area contributed by atoms with Crippen molar-refractivity contribution in [3.63, 3.8) is 0 Å². The highest BCUT2D eigenvalue weighted by atomic mass is 16.5. The van der Waals surface area contributed by atoms with Gasteiger partial charge in [-0.1, -0.05) is 0 Å². The first-order chi connectivity index (χ1) is 5.04. The molecule has 0 aromatic carbocycles. The highest BCUT2D eigenvalue weighted by molar-refractivity contribution is 5.00. The first-order valence-corrected chi connectivity index (χ1v) is 3.02. The molecule has 1 aromatic heterocycles. The summed E-state index contributed by atoms with van der Waals surface area (Å²) >= 11 is 0. The Morgan fingerprint density at radius 1 is 1.45 bits per heavy atom. The van der Waals surface area contributed by atoms with Crippen LogP contribution in [0.1, 0.15) is 5.56 Å². The second-order valence-corrected chi connectivity index (χ2v) is 2.30. The van der Waals surface area contributed by atoms with E-state index in [2.05, 4.69) is 0 Å². The zero-order valence-electron chi connectivity index (χ0n) is 6.24. The van der Waals surface area contributed by atoms with Gasteiger partial charge in [0, 0.05) is 12.6 Å². The summed E-state index contributed by atoms with van der Waals surface area (Å²) in [6.45, 7) is 1.52. The second kappa shape index (κ2) is 2.26. The number of rotatable bonds is 0. The molecule has 0 saturated heterocycles. The molecule has 0 spiro atoms. The molecule has 0 amide bonds. The largest absolute Gasteiger partial charge is 0.424 e. The molecule has 0 aliphatic heterocycles. The minimum absolute atomic E-state index is 0.328. The van der Waals surface area contributed by atoms with Gasteiger partial charge in [0.1, 0.15) is 0 Å². The number of nitrogens with zero attached hydrogens (tertiary/aromatic N) is 2. The van der Waals surface area contributed by atoms with Gasteiger partial charge in [-0.15, -0.1) is 4.73 Å². The van der Waals surface area contributed by atoms with Crippen LogP contribution in [0, 0.1) is 6.92 Å². The highest BCUT2D eigenvalue weighted by Crippen LogP contribution is 1.79. The van der Waals surface area contributed by atoms with Crippen LogP contribution in [0.25, 0.3) is 0 Å². The molecule has 11 heavy (non-hydrogen) atoms. The summed E-state index contributed by atoms with van der Waals surface area (Å²) in [6, 6.07) is 0. The summed E-state index contributed by atoms with van der Waals surface area (Å²) in [5.41, 5.74) is -0.796. The maximum Gasteiger partial charge on any atom is 0.363 e. The molecule has 0 atom stereocenters. The van der Waals surface area contributed by atoms with Crippen LogP contribution in [-0.4, -0.2) is 14.5 Å². The standard InChI is InChI=1S/C6H8N2O3/c1-4-3-8(11)6(10)7(2)5(4)9/h3,11H,1-2H3. The third-order valence-electron chi connectivity index (χ3n) is 1.44. The fraction of sp³-hybridized carbons (Fsp3) is 0.333. The van der Waals surface area contributed by atoms with Crippen molar-refractivity contribution < 1.29 is 5.21 Å². The Morgan fingerprint density at radius 3 is 2.55 bits per heavy atom. The van der Waals surface area contributed by atoms with Crippen LogP contribution >= 0.6 is 0 Å². The van der Waals surface area contributed by atoms with Crippen molar-refractivity contribution >= 4 is 0 Å². The minimum Gasteiger partial charge on any atom is -0.424 e. The number of aromatic nitrogens is 2. The van der Waals surface area contributed by atoms with Gasteiger partial charge in [0.05, 0.1) is 6.20 Å². The Hall–Kier alpha value is -1.52. The molecule has 0 aliphatic carbocycles. The maximum atomic E-state index is 11.0. The zero-order chi connectivity index (χ0) is 8.59. The Kier molecular flexibility index (Phi) is 1.56. The van der Waals surface area contributed by atoms with Crippen LogP contribution in [0.5, 0.6) is 0 Å². The van der Waals surface area contributed by atoms with Crippen LogP contribution in [0.15, 0.2) is 15.8 Å². The van der Waals surface area contributed by atoms with Crippen molar-refractivity contribution in [2.45, 2.75) is 6.92 Å². The van der Waals surface area contributed by atoms with Crippen LogP contribution in [0.3, 0.4) is 0 Å². The van der Waals surface area contributed by atoms with E-state index >= 15 is 0 Å². The smallest absolute Gasteiger partial charge is 0.363 e. The van der Waals surface area contributed by atoms with Crippen LogP contribution in [0.4, 0.5) is 0 Å². The molecule has 1 N–H and O–H groups in total. The molecule has 1 aromatic rings. The normalized spacial score (nSPS) is 10.0. The summed E-state index contributed by atoms with van der Waals surface area (Å²) < 4.78 is 1.23. The third kappa shape index (κ3) is 1.04. The Morgan fingerprint density at radius 2 is 2.00 bits per heavy atom. The van der Waals surface area contributed by atoms with E-state index in [4.69, 9.17) is 5.21 Å². The first-order valence-electron chi connectivity index (χ1n) is 3.02. The van der Waals surface area contributed by atoms with E-state index in [9.17, 15) is 9.59 Å². The molecule has 0 fully saturated rings. The fourth-order valence-corrected chi connectivity index (χ4v) is 0.799. The summed E-state index contributed by atoms with van der Waals surface area (Å²) in [5.74, 6) is 0. The Bertz CT molecular complexity index is 354. The van der Waals surface area contributed by atoms with E-state index in [1.54, 1.807) is 0 Å². The SMILES string of the molecule is Cc1cn(O)c(=O)n(C)c1=O. The zero-order valence-corrected chi connectivity index (χ0v) is 6.24. The molecule has 0 aliphatic rings. The molecule has 0 bridgehead atoms. The van der Waals surface area contributed by atoms with Crippen molar-refractivity contribution in [1.29, 1.82) is 0 Å². The van der Waals surface area contributed by atoms with Gasteiger partial charge in [-0.25, -0.2) is 4.79 Å². The van der Waals surface area contributed by atoms with Gasteiger partial charge in [0.25, 0.3) is 5.56 Å². The van der Waals surface area contributed by atoms with Gasteiger partial charge in [-0.05, 0) is 6.92 Å². The lowest BCUT2D eigenvalue weighted by molar-refractivity contribution is 0.164. The monoisotopic (exact) mass is 156 g/mol. The lowest BCUT2D eigenvalue weighted by Gasteiger charge is -2.00. The molecule has 5 nitrogen and oxygen atoms in total. The molecule has 0 radical (unpaired) electrons. The van der Waals surface area contributed by atoms with Crippen molar-refractivity contribution in [2.24, 2.45) is 7.05 Å². The van der Waals surface area contributed by atoms with Crippen molar-refractivity contribution in [3.05, 3.63) is 32.6 Å². The van der Waals surface area contributed by atoms with Crippen molar-refractivity contribution in [1.82, 2.24) is 9.30 Å². The van der Waals surface area contributed by atoms with E-state index in [-0.39, 0.29) is 5.56 Å². The summed E-state index contributed by atoms with van der Waals surface area (Å²) in [5, 5.41) is 8.85. The minimum atomic E-state index is -0.736. The third-order valence-corrected chi connectivity index (χ3v) is 1.44. The second-order valence-electron chi connectivity index (χ2n) is 2.30. The van der Waals surface area contributed by atoms with E-state index in [0.717, 1.165) is 10.8 Å². The van der Waals surface area contributed by atoms with Crippen LogP contribution < -0.4 is 11.2 Å². The molecule has 1 heterocycles. The molecule has 0 saturated carbocycles. The van der Waals surface area contributed by atoms with E-state index in [1.807, 2.05) is 0 Å². The molecule has 1 rings (SSSR count). The average Bonchev–Trinajstić information content (AvgIpc) is 1.97. The highest BCUT2D eigenvalue weighted by Gasteiger charge is 2.02. The fourth-order valence-electron chi connectivity index (χ4n) is 0.799.